The maximum Gasteiger partial charge on any atom is 0.281 e. The number of hydrogen-bond donors (Lipinski definition) is 0. The SMILES string of the molecule is CCCCCCC(F)(C(=O)[O-])[N+](C)(C)C. The molecule has 0 saturated heterocycles. The molecular weight excluding hydrogens is 197 g/mol. The van der Waals surface area contributed by atoms with Crippen molar-refractivity contribution in [1.29, 1.82) is 0 Å². The lowest BCUT2D eigenvalue weighted by Crippen LogP contribution is -2.63. The second-order valence-corrected chi connectivity index (χ2v) is 4.87. The molecule has 0 spiro atoms. The quantitative estimate of drug-likeness (QED) is 0.365. The third kappa shape index (κ3) is 3.78. The standard InChI is InChI=1S/C11H22FNO2/c1-5-6-7-8-9-11(12,10(14)15)13(2,3)4/h5-9H2,1-4H3. The summed E-state index contributed by atoms with van der Waals surface area (Å²) in [6.45, 7) is 2.06. The number of nitrogens with zero attached hydrogens (tertiary/aromatic N) is 1. The molecule has 0 aromatic heterocycles. The maximum absolute atomic E-state index is 14.2. The molecule has 0 fully saturated rings. The van der Waals surface area contributed by atoms with Gasteiger partial charge < -0.3 is 9.90 Å². The van der Waals surface area contributed by atoms with Gasteiger partial charge in [0.1, 0.15) is 5.97 Å². The number of rotatable bonds is 7. The average Bonchev–Trinajstić information content (AvgIpc) is 2.09. The number of halogens is 1. The van der Waals surface area contributed by atoms with Gasteiger partial charge in [-0.1, -0.05) is 26.2 Å². The van der Waals surface area contributed by atoms with Crippen LogP contribution in [0.4, 0.5) is 4.39 Å². The summed E-state index contributed by atoms with van der Waals surface area (Å²) in [6.07, 6.45) is 3.55. The Morgan fingerprint density at radius 1 is 1.27 bits per heavy atom. The van der Waals surface area contributed by atoms with E-state index in [0.717, 1.165) is 19.3 Å². The second kappa shape index (κ2) is 5.45. The van der Waals surface area contributed by atoms with Crippen LogP contribution in [0.25, 0.3) is 0 Å². The van der Waals surface area contributed by atoms with Crippen LogP contribution in [0.1, 0.15) is 39.0 Å². The van der Waals surface area contributed by atoms with Crippen molar-refractivity contribution in [3.63, 3.8) is 0 Å². The molecule has 0 aromatic carbocycles. The summed E-state index contributed by atoms with van der Waals surface area (Å²) in [4.78, 5) is 10.8. The van der Waals surface area contributed by atoms with Crippen LogP contribution in [0.2, 0.25) is 0 Å². The van der Waals surface area contributed by atoms with Gasteiger partial charge in [-0.2, -0.15) is 4.39 Å². The minimum absolute atomic E-state index is 0.0266. The highest BCUT2D eigenvalue weighted by molar-refractivity contribution is 5.72. The van der Waals surface area contributed by atoms with E-state index in [2.05, 4.69) is 6.92 Å². The lowest BCUT2D eigenvalue weighted by atomic mass is 10.0. The van der Waals surface area contributed by atoms with E-state index in [4.69, 9.17) is 0 Å². The number of carbonyl (C=O) groups is 1. The first-order valence-electron chi connectivity index (χ1n) is 5.47. The Labute approximate surface area is 91.5 Å². The monoisotopic (exact) mass is 219 g/mol. The van der Waals surface area contributed by atoms with Crippen LogP contribution >= 0.6 is 0 Å². The van der Waals surface area contributed by atoms with Crippen molar-refractivity contribution in [2.24, 2.45) is 0 Å². The average molecular weight is 219 g/mol. The van der Waals surface area contributed by atoms with Crippen molar-refractivity contribution >= 4 is 5.97 Å². The number of likely N-dealkylation sites (N-methyl/N-ethyl adjacent to an activating group) is 1. The summed E-state index contributed by atoms with van der Waals surface area (Å²) < 4.78 is 13.9. The van der Waals surface area contributed by atoms with E-state index in [1.54, 1.807) is 0 Å². The van der Waals surface area contributed by atoms with E-state index in [1.807, 2.05) is 0 Å². The number of hydrogen-bond acceptors (Lipinski definition) is 2. The molecule has 0 heterocycles. The number of quaternary nitrogens is 1. The van der Waals surface area contributed by atoms with Crippen molar-refractivity contribution < 1.29 is 18.8 Å². The fraction of sp³-hybridized carbons (Fsp3) is 0.909. The summed E-state index contributed by atoms with van der Waals surface area (Å²) in [5.74, 6) is -3.88. The van der Waals surface area contributed by atoms with Crippen LogP contribution in [0.5, 0.6) is 0 Å². The normalized spacial score (nSPS) is 16.1. The Hall–Kier alpha value is -0.640. The first-order chi connectivity index (χ1) is 6.75. The first kappa shape index (κ1) is 14.4. The van der Waals surface area contributed by atoms with Crippen LogP contribution in [0.3, 0.4) is 0 Å². The molecule has 4 heteroatoms. The zero-order chi connectivity index (χ0) is 12.1. The molecule has 3 nitrogen and oxygen atoms in total. The summed E-state index contributed by atoms with van der Waals surface area (Å²) in [7, 11) is 4.61. The topological polar surface area (TPSA) is 40.1 Å². The molecule has 0 aliphatic carbocycles. The molecule has 1 atom stereocenters. The fourth-order valence-electron chi connectivity index (χ4n) is 1.50. The van der Waals surface area contributed by atoms with E-state index < -0.39 is 11.8 Å². The maximum atomic E-state index is 14.2. The first-order valence-corrected chi connectivity index (χ1v) is 5.47. The van der Waals surface area contributed by atoms with E-state index in [1.165, 1.54) is 21.1 Å². The highest BCUT2D eigenvalue weighted by Crippen LogP contribution is 2.27. The zero-order valence-electron chi connectivity index (χ0n) is 10.2. The number of carbonyl (C=O) groups excluding carboxylic acids is 1. The molecule has 0 saturated carbocycles. The minimum atomic E-state index is -2.27. The van der Waals surface area contributed by atoms with Crippen molar-refractivity contribution in [3.05, 3.63) is 0 Å². The summed E-state index contributed by atoms with van der Waals surface area (Å²) in [6, 6.07) is 0. The molecular formula is C11H22FNO2. The molecule has 0 radical (unpaired) electrons. The number of carboxylic acids is 1. The van der Waals surface area contributed by atoms with Gasteiger partial charge in [0.05, 0.1) is 21.1 Å². The van der Waals surface area contributed by atoms with Crippen molar-refractivity contribution in [1.82, 2.24) is 0 Å². The molecule has 90 valence electrons. The summed E-state index contributed by atoms with van der Waals surface area (Å²) >= 11 is 0. The minimum Gasteiger partial charge on any atom is -0.542 e. The highest BCUT2D eigenvalue weighted by atomic mass is 19.1. The Balaban J connectivity index is 4.35. The van der Waals surface area contributed by atoms with Crippen LogP contribution < -0.4 is 5.11 Å². The van der Waals surface area contributed by atoms with Gasteiger partial charge in [-0.05, 0) is 6.42 Å². The fourth-order valence-corrected chi connectivity index (χ4v) is 1.50. The Morgan fingerprint density at radius 2 is 1.80 bits per heavy atom. The molecule has 1 unspecified atom stereocenters. The molecule has 0 aromatic rings. The molecule has 0 N–H and O–H groups in total. The number of unbranched alkanes of at least 4 members (excludes halogenated alkanes) is 3. The number of aliphatic carboxylic acids is 1. The highest BCUT2D eigenvalue weighted by Gasteiger charge is 2.44. The number of alkyl halides is 1. The summed E-state index contributed by atoms with van der Waals surface area (Å²) in [5.41, 5.74) is 0. The van der Waals surface area contributed by atoms with Crippen LogP contribution in [0.15, 0.2) is 0 Å². The molecule has 15 heavy (non-hydrogen) atoms. The second-order valence-electron chi connectivity index (χ2n) is 4.87. The van der Waals surface area contributed by atoms with Gasteiger partial charge in [-0.25, -0.2) is 0 Å². The van der Waals surface area contributed by atoms with Gasteiger partial charge in [0.15, 0.2) is 0 Å². The number of carboxylic acid groups (broad SMARTS) is 1. The van der Waals surface area contributed by atoms with E-state index >= 15 is 0 Å². The Morgan fingerprint density at radius 3 is 2.13 bits per heavy atom. The molecule has 0 rings (SSSR count). The molecule has 0 aliphatic heterocycles. The van der Waals surface area contributed by atoms with Gasteiger partial charge in [-0.15, -0.1) is 0 Å². The van der Waals surface area contributed by atoms with Crippen LogP contribution in [0, 0.1) is 0 Å². The van der Waals surface area contributed by atoms with E-state index in [-0.39, 0.29) is 10.9 Å². The van der Waals surface area contributed by atoms with Crippen molar-refractivity contribution in [2.75, 3.05) is 21.1 Å². The van der Waals surface area contributed by atoms with Crippen molar-refractivity contribution in [2.45, 2.75) is 44.8 Å². The van der Waals surface area contributed by atoms with E-state index in [9.17, 15) is 14.3 Å². The molecule has 0 amide bonds. The van der Waals surface area contributed by atoms with Gasteiger partial charge in [0.25, 0.3) is 5.79 Å². The van der Waals surface area contributed by atoms with Gasteiger partial charge in [0, 0.05) is 6.42 Å². The largest absolute Gasteiger partial charge is 0.542 e. The van der Waals surface area contributed by atoms with Gasteiger partial charge >= 0.3 is 0 Å². The zero-order valence-corrected chi connectivity index (χ0v) is 10.2. The predicted octanol–water partition coefficient (Wildman–Crippen LogP) is 1.08. The Bertz CT molecular complexity index is 213. The predicted molar refractivity (Wildman–Crippen MR) is 55.6 cm³/mol. The summed E-state index contributed by atoms with van der Waals surface area (Å²) in [5, 5.41) is 10.8. The van der Waals surface area contributed by atoms with Gasteiger partial charge in [0.2, 0.25) is 0 Å². The smallest absolute Gasteiger partial charge is 0.281 e. The molecule has 0 aliphatic rings. The van der Waals surface area contributed by atoms with Crippen LogP contribution in [-0.4, -0.2) is 37.4 Å². The third-order valence-electron chi connectivity index (χ3n) is 2.74. The van der Waals surface area contributed by atoms with Gasteiger partial charge in [-0.3, -0.25) is 4.48 Å². The van der Waals surface area contributed by atoms with Crippen LogP contribution in [-0.2, 0) is 4.79 Å². The van der Waals surface area contributed by atoms with Crippen molar-refractivity contribution in [3.8, 4) is 0 Å². The lowest BCUT2D eigenvalue weighted by Gasteiger charge is -2.40. The lowest BCUT2D eigenvalue weighted by molar-refractivity contribution is -0.933. The molecule has 0 bridgehead atoms. The van der Waals surface area contributed by atoms with E-state index in [0.29, 0.717) is 6.42 Å². The third-order valence-corrected chi connectivity index (χ3v) is 2.74. The Kier molecular flexibility index (Phi) is 5.21.